The van der Waals surface area contributed by atoms with Crippen LogP contribution < -0.4 is 5.56 Å². The van der Waals surface area contributed by atoms with Crippen LogP contribution in [-0.2, 0) is 14.1 Å². The van der Waals surface area contributed by atoms with Crippen LogP contribution in [0.3, 0.4) is 0 Å². The van der Waals surface area contributed by atoms with E-state index in [0.29, 0.717) is 5.39 Å². The molecule has 0 N–H and O–H groups in total. The van der Waals surface area contributed by atoms with Gasteiger partial charge in [0, 0.05) is 31.9 Å². The van der Waals surface area contributed by atoms with Crippen LogP contribution in [0.1, 0.15) is 0 Å². The van der Waals surface area contributed by atoms with Crippen LogP contribution in [-0.4, -0.2) is 24.0 Å². The van der Waals surface area contributed by atoms with Gasteiger partial charge in [0.1, 0.15) is 5.65 Å². The highest BCUT2D eigenvalue weighted by Crippen LogP contribution is 2.20. The minimum absolute atomic E-state index is 0.0178. The maximum absolute atomic E-state index is 12.4. The van der Waals surface area contributed by atoms with Crippen molar-refractivity contribution in [1.29, 1.82) is 0 Å². The Labute approximate surface area is 119 Å². The topological polar surface area (TPSA) is 57.1 Å². The Morgan fingerprint density at radius 3 is 2.71 bits per heavy atom. The van der Waals surface area contributed by atoms with Crippen LogP contribution in [0.25, 0.3) is 27.8 Å². The minimum atomic E-state index is -0.0178. The molecule has 6 nitrogen and oxygen atoms in total. The van der Waals surface area contributed by atoms with Crippen LogP contribution >= 0.6 is 0 Å². The van der Waals surface area contributed by atoms with E-state index in [1.807, 2.05) is 43.6 Å². The Morgan fingerprint density at radius 1 is 1.14 bits per heavy atom. The van der Waals surface area contributed by atoms with Crippen LogP contribution in [0.15, 0.2) is 47.5 Å². The van der Waals surface area contributed by atoms with Crippen molar-refractivity contribution in [3.05, 3.63) is 53.1 Å². The fraction of sp³-hybridized carbons (Fsp3) is 0.133. The molecule has 0 aliphatic heterocycles. The summed E-state index contributed by atoms with van der Waals surface area (Å²) in [4.78, 5) is 12.4. The fourth-order valence-electron chi connectivity index (χ4n) is 2.61. The highest BCUT2D eigenvalue weighted by molar-refractivity contribution is 5.81. The normalized spacial score (nSPS) is 11.5. The number of hydrogen-bond acceptors (Lipinski definition) is 3. The van der Waals surface area contributed by atoms with Crippen molar-refractivity contribution in [1.82, 2.24) is 24.0 Å². The van der Waals surface area contributed by atoms with Crippen molar-refractivity contribution in [3.63, 3.8) is 0 Å². The zero-order valence-corrected chi connectivity index (χ0v) is 11.7. The van der Waals surface area contributed by atoms with E-state index in [1.54, 1.807) is 27.0 Å². The van der Waals surface area contributed by atoms with Gasteiger partial charge in [-0.3, -0.25) is 14.0 Å². The Morgan fingerprint density at radius 2 is 1.95 bits per heavy atom. The minimum Gasteiger partial charge on any atom is -0.296 e. The lowest BCUT2D eigenvalue weighted by atomic mass is 10.2. The monoisotopic (exact) mass is 279 g/mol. The summed E-state index contributed by atoms with van der Waals surface area (Å²) in [6.07, 6.45) is 3.67. The fourth-order valence-corrected chi connectivity index (χ4v) is 2.61. The third-order valence-electron chi connectivity index (χ3n) is 3.70. The van der Waals surface area contributed by atoms with Gasteiger partial charge in [-0.2, -0.15) is 10.2 Å². The molecule has 21 heavy (non-hydrogen) atoms. The highest BCUT2D eigenvalue weighted by atomic mass is 16.1. The second-order valence-corrected chi connectivity index (χ2v) is 5.08. The number of benzene rings is 1. The van der Waals surface area contributed by atoms with Crippen LogP contribution in [0.2, 0.25) is 0 Å². The molecule has 0 aliphatic carbocycles. The Hall–Kier alpha value is -2.89. The lowest BCUT2D eigenvalue weighted by Crippen LogP contribution is -2.19. The van der Waals surface area contributed by atoms with Gasteiger partial charge >= 0.3 is 0 Å². The van der Waals surface area contributed by atoms with Crippen molar-refractivity contribution in [3.8, 4) is 11.3 Å². The molecule has 0 unspecified atom stereocenters. The molecule has 4 aromatic rings. The van der Waals surface area contributed by atoms with Gasteiger partial charge in [-0.05, 0) is 12.1 Å². The SMILES string of the molecule is Cn1cc(-c2cc3n(C)c(=O)c4ccccc4n3n2)cn1. The van der Waals surface area contributed by atoms with E-state index in [0.717, 1.165) is 22.4 Å². The molecule has 0 aliphatic rings. The molecule has 104 valence electrons. The third-order valence-corrected chi connectivity index (χ3v) is 3.70. The summed E-state index contributed by atoms with van der Waals surface area (Å²) in [5.41, 5.74) is 3.28. The predicted octanol–water partition coefficient (Wildman–Crippen LogP) is 1.59. The van der Waals surface area contributed by atoms with Crippen molar-refractivity contribution in [2.24, 2.45) is 14.1 Å². The molecule has 3 heterocycles. The number of aryl methyl sites for hydroxylation is 2. The summed E-state index contributed by atoms with van der Waals surface area (Å²) in [5.74, 6) is 0. The third kappa shape index (κ3) is 1.62. The molecule has 0 spiro atoms. The summed E-state index contributed by atoms with van der Waals surface area (Å²) < 4.78 is 5.16. The zero-order valence-electron chi connectivity index (χ0n) is 11.7. The number of para-hydroxylation sites is 1. The lowest BCUT2D eigenvalue weighted by molar-refractivity contribution is 0.768. The molecule has 1 aromatic carbocycles. The van der Waals surface area contributed by atoms with Gasteiger partial charge in [-0.15, -0.1) is 0 Å². The summed E-state index contributed by atoms with van der Waals surface area (Å²) in [7, 11) is 3.63. The van der Waals surface area contributed by atoms with Gasteiger partial charge < -0.3 is 0 Å². The molecule has 0 fully saturated rings. The van der Waals surface area contributed by atoms with Gasteiger partial charge in [0.2, 0.25) is 0 Å². The van der Waals surface area contributed by atoms with E-state index in [4.69, 9.17) is 0 Å². The zero-order chi connectivity index (χ0) is 14.6. The van der Waals surface area contributed by atoms with Gasteiger partial charge in [0.05, 0.1) is 22.8 Å². The van der Waals surface area contributed by atoms with Gasteiger partial charge in [0.25, 0.3) is 5.56 Å². The standard InChI is InChI=1S/C15H13N5O/c1-18-9-10(8-16-18)12-7-14-19(2)15(21)11-5-3-4-6-13(11)20(14)17-12/h3-9H,1-2H3. The molecule has 4 rings (SSSR count). The summed E-state index contributed by atoms with van der Waals surface area (Å²) in [5, 5.41) is 9.45. The van der Waals surface area contributed by atoms with E-state index in [2.05, 4.69) is 10.2 Å². The number of rotatable bonds is 1. The van der Waals surface area contributed by atoms with Gasteiger partial charge in [-0.25, -0.2) is 4.52 Å². The van der Waals surface area contributed by atoms with Crippen molar-refractivity contribution >= 4 is 16.6 Å². The molecule has 0 saturated heterocycles. The molecular formula is C15H13N5O. The first-order valence-corrected chi connectivity index (χ1v) is 6.62. The lowest BCUT2D eigenvalue weighted by Gasteiger charge is -2.05. The Kier molecular flexibility index (Phi) is 2.29. The van der Waals surface area contributed by atoms with Gasteiger partial charge in [-0.1, -0.05) is 12.1 Å². The van der Waals surface area contributed by atoms with E-state index >= 15 is 0 Å². The van der Waals surface area contributed by atoms with Crippen LogP contribution in [0.4, 0.5) is 0 Å². The molecule has 0 saturated carbocycles. The van der Waals surface area contributed by atoms with E-state index in [1.165, 1.54) is 0 Å². The Balaban J connectivity index is 2.14. The van der Waals surface area contributed by atoms with E-state index < -0.39 is 0 Å². The maximum Gasteiger partial charge on any atom is 0.261 e. The maximum atomic E-state index is 12.4. The Bertz CT molecular complexity index is 1040. The van der Waals surface area contributed by atoms with Crippen LogP contribution in [0.5, 0.6) is 0 Å². The molecule has 0 bridgehead atoms. The predicted molar refractivity (Wildman–Crippen MR) is 80.1 cm³/mol. The summed E-state index contributed by atoms with van der Waals surface area (Å²) >= 11 is 0. The van der Waals surface area contributed by atoms with Gasteiger partial charge in [0.15, 0.2) is 0 Å². The first-order valence-electron chi connectivity index (χ1n) is 6.62. The number of nitrogens with zero attached hydrogens (tertiary/aromatic N) is 5. The first-order chi connectivity index (χ1) is 10.1. The van der Waals surface area contributed by atoms with E-state index in [-0.39, 0.29) is 5.56 Å². The number of fused-ring (bicyclic) bond motifs is 3. The largest absolute Gasteiger partial charge is 0.296 e. The molecule has 6 heteroatoms. The first kappa shape index (κ1) is 11.9. The second kappa shape index (κ2) is 4.05. The average molecular weight is 279 g/mol. The quantitative estimate of drug-likeness (QED) is 0.531. The molecule has 0 radical (unpaired) electrons. The van der Waals surface area contributed by atoms with Crippen molar-refractivity contribution < 1.29 is 0 Å². The summed E-state index contributed by atoms with van der Waals surface area (Å²) in [6, 6.07) is 9.41. The molecular weight excluding hydrogens is 266 g/mol. The molecule has 0 atom stereocenters. The van der Waals surface area contributed by atoms with Crippen molar-refractivity contribution in [2.75, 3.05) is 0 Å². The second-order valence-electron chi connectivity index (χ2n) is 5.08. The van der Waals surface area contributed by atoms with E-state index in [9.17, 15) is 4.79 Å². The molecule has 3 aromatic heterocycles. The average Bonchev–Trinajstić information content (AvgIpc) is 3.11. The smallest absolute Gasteiger partial charge is 0.261 e. The summed E-state index contributed by atoms with van der Waals surface area (Å²) in [6.45, 7) is 0. The number of hydrogen-bond donors (Lipinski definition) is 0. The highest BCUT2D eigenvalue weighted by Gasteiger charge is 2.12. The number of aromatic nitrogens is 5. The molecule has 0 amide bonds. The van der Waals surface area contributed by atoms with Crippen molar-refractivity contribution in [2.45, 2.75) is 0 Å². The van der Waals surface area contributed by atoms with Crippen LogP contribution in [0, 0.1) is 0 Å².